The summed E-state index contributed by atoms with van der Waals surface area (Å²) in [6, 6.07) is 2.35. The summed E-state index contributed by atoms with van der Waals surface area (Å²) in [5.74, 6) is 0.577. The Labute approximate surface area is 127 Å². The highest BCUT2D eigenvalue weighted by atomic mass is 79.9. The maximum atomic E-state index is 6.50. The zero-order valence-corrected chi connectivity index (χ0v) is 13.6. The van der Waals surface area contributed by atoms with Crippen LogP contribution in [0.2, 0.25) is 0 Å². The normalized spacial score (nSPS) is 28.4. The first-order valence-electron chi connectivity index (χ1n) is 7.32. The molecule has 1 spiro atoms. The number of nitrogens with two attached hydrogens (primary N) is 1. The maximum Gasteiger partial charge on any atom is 0.0701 e. The molecule has 0 aromatic carbocycles. The molecule has 3 rings (SSSR count). The second-order valence-corrected chi connectivity index (χ2v) is 8.35. The summed E-state index contributed by atoms with van der Waals surface area (Å²) in [5.41, 5.74) is 7.95. The fourth-order valence-electron chi connectivity index (χ4n) is 3.69. The van der Waals surface area contributed by atoms with Gasteiger partial charge in [0.1, 0.15) is 0 Å². The molecule has 0 amide bonds. The first-order valence-corrected chi connectivity index (χ1v) is 8.99. The van der Waals surface area contributed by atoms with Crippen LogP contribution in [0.4, 0.5) is 0 Å². The van der Waals surface area contributed by atoms with Crippen molar-refractivity contribution >= 4 is 27.3 Å². The summed E-state index contributed by atoms with van der Waals surface area (Å²) in [6.45, 7) is 0.893. The van der Waals surface area contributed by atoms with Gasteiger partial charge < -0.3 is 10.5 Å². The van der Waals surface area contributed by atoms with Crippen molar-refractivity contribution < 1.29 is 4.74 Å². The zero-order chi connectivity index (χ0) is 13.3. The minimum absolute atomic E-state index is 0.159. The van der Waals surface area contributed by atoms with Gasteiger partial charge in [-0.1, -0.05) is 19.3 Å². The molecule has 2 N–H and O–H groups in total. The SMILES string of the molecule is NC(c1csc(Br)c1)C1CCOC2(CCCCC2)C1. The zero-order valence-electron chi connectivity index (χ0n) is 11.2. The third-order valence-electron chi connectivity index (χ3n) is 4.78. The fraction of sp³-hybridized carbons (Fsp3) is 0.733. The van der Waals surface area contributed by atoms with E-state index >= 15 is 0 Å². The summed E-state index contributed by atoms with van der Waals surface area (Å²) in [7, 11) is 0. The van der Waals surface area contributed by atoms with Gasteiger partial charge in [0.25, 0.3) is 0 Å². The molecule has 2 heterocycles. The molecular weight excluding hydrogens is 322 g/mol. The lowest BCUT2D eigenvalue weighted by molar-refractivity contribution is -0.120. The van der Waals surface area contributed by atoms with E-state index in [0.717, 1.165) is 19.4 Å². The van der Waals surface area contributed by atoms with E-state index in [1.807, 2.05) is 0 Å². The summed E-state index contributed by atoms with van der Waals surface area (Å²) in [6.07, 6.45) is 8.77. The topological polar surface area (TPSA) is 35.2 Å². The minimum Gasteiger partial charge on any atom is -0.375 e. The Morgan fingerprint density at radius 1 is 1.37 bits per heavy atom. The lowest BCUT2D eigenvalue weighted by Gasteiger charge is -2.45. The predicted octanol–water partition coefficient (Wildman–Crippen LogP) is 4.64. The lowest BCUT2D eigenvalue weighted by Crippen LogP contribution is -2.43. The molecule has 2 atom stereocenters. The first kappa shape index (κ1) is 14.1. The standard InChI is InChI=1S/C15H22BrNOS/c16-13-8-12(10-19-13)14(17)11-4-7-18-15(9-11)5-2-1-3-6-15/h8,10-11,14H,1-7,9,17H2. The number of ether oxygens (including phenoxy) is 1. The molecule has 19 heavy (non-hydrogen) atoms. The van der Waals surface area contributed by atoms with E-state index in [1.54, 1.807) is 11.3 Å². The molecule has 2 nitrogen and oxygen atoms in total. The molecule has 1 saturated heterocycles. The summed E-state index contributed by atoms with van der Waals surface area (Å²) in [4.78, 5) is 0. The average molecular weight is 344 g/mol. The Bertz CT molecular complexity index is 422. The van der Waals surface area contributed by atoms with Crippen LogP contribution in [0.3, 0.4) is 0 Å². The van der Waals surface area contributed by atoms with Gasteiger partial charge in [-0.2, -0.15) is 0 Å². The van der Waals surface area contributed by atoms with E-state index < -0.39 is 0 Å². The van der Waals surface area contributed by atoms with Crippen molar-refractivity contribution in [2.45, 2.75) is 56.6 Å². The van der Waals surface area contributed by atoms with Gasteiger partial charge in [0, 0.05) is 12.6 Å². The molecule has 4 heteroatoms. The predicted molar refractivity (Wildman–Crippen MR) is 83.4 cm³/mol. The van der Waals surface area contributed by atoms with Crippen molar-refractivity contribution in [3.05, 3.63) is 20.8 Å². The molecule has 0 radical (unpaired) electrons. The van der Waals surface area contributed by atoms with Crippen LogP contribution in [0.5, 0.6) is 0 Å². The van der Waals surface area contributed by atoms with Crippen molar-refractivity contribution in [1.82, 2.24) is 0 Å². The van der Waals surface area contributed by atoms with E-state index in [1.165, 1.54) is 41.5 Å². The molecule has 2 fully saturated rings. The highest BCUT2D eigenvalue weighted by Crippen LogP contribution is 2.44. The van der Waals surface area contributed by atoms with E-state index in [4.69, 9.17) is 10.5 Å². The highest BCUT2D eigenvalue weighted by molar-refractivity contribution is 9.11. The van der Waals surface area contributed by atoms with E-state index in [2.05, 4.69) is 27.4 Å². The minimum atomic E-state index is 0.159. The quantitative estimate of drug-likeness (QED) is 0.848. The Balaban J connectivity index is 1.70. The van der Waals surface area contributed by atoms with Gasteiger partial charge in [-0.15, -0.1) is 11.3 Å². The fourth-order valence-corrected chi connectivity index (χ4v) is 4.91. The summed E-state index contributed by atoms with van der Waals surface area (Å²) >= 11 is 5.26. The van der Waals surface area contributed by atoms with Crippen LogP contribution in [0, 0.1) is 5.92 Å². The number of hydrogen-bond donors (Lipinski definition) is 1. The van der Waals surface area contributed by atoms with E-state index in [0.29, 0.717) is 5.92 Å². The molecule has 1 aliphatic carbocycles. The molecule has 0 bridgehead atoms. The molecule has 2 unspecified atom stereocenters. The summed E-state index contributed by atoms with van der Waals surface area (Å²) < 4.78 is 7.34. The van der Waals surface area contributed by atoms with Crippen LogP contribution in [-0.4, -0.2) is 12.2 Å². The molecule has 1 saturated carbocycles. The molecule has 106 valence electrons. The second-order valence-electron chi connectivity index (χ2n) is 6.05. The third-order valence-corrected chi connectivity index (χ3v) is 6.30. The van der Waals surface area contributed by atoms with Gasteiger partial charge in [0.2, 0.25) is 0 Å². The largest absolute Gasteiger partial charge is 0.375 e. The van der Waals surface area contributed by atoms with Gasteiger partial charge in [0.15, 0.2) is 0 Å². The number of rotatable bonds is 2. The van der Waals surface area contributed by atoms with Crippen molar-refractivity contribution in [2.75, 3.05) is 6.61 Å². The number of thiophene rings is 1. The number of hydrogen-bond acceptors (Lipinski definition) is 3. The number of halogens is 1. The van der Waals surface area contributed by atoms with Crippen LogP contribution in [0.25, 0.3) is 0 Å². The molecule has 1 aromatic rings. The Morgan fingerprint density at radius 3 is 2.84 bits per heavy atom. The summed E-state index contributed by atoms with van der Waals surface area (Å²) in [5, 5.41) is 2.19. The monoisotopic (exact) mass is 343 g/mol. The second kappa shape index (κ2) is 5.84. The molecule has 2 aliphatic rings. The van der Waals surface area contributed by atoms with Crippen LogP contribution in [0.1, 0.15) is 56.6 Å². The van der Waals surface area contributed by atoms with Crippen LogP contribution in [-0.2, 0) is 4.74 Å². The lowest BCUT2D eigenvalue weighted by atomic mass is 9.73. The van der Waals surface area contributed by atoms with Gasteiger partial charge in [0.05, 0.1) is 9.39 Å². The smallest absolute Gasteiger partial charge is 0.0701 e. The molecule has 1 aromatic heterocycles. The Morgan fingerprint density at radius 2 is 2.16 bits per heavy atom. The van der Waals surface area contributed by atoms with Crippen molar-refractivity contribution in [1.29, 1.82) is 0 Å². The van der Waals surface area contributed by atoms with Crippen LogP contribution < -0.4 is 5.73 Å². The highest BCUT2D eigenvalue weighted by Gasteiger charge is 2.40. The van der Waals surface area contributed by atoms with Crippen LogP contribution in [0.15, 0.2) is 15.2 Å². The third kappa shape index (κ3) is 3.07. The van der Waals surface area contributed by atoms with Crippen molar-refractivity contribution in [3.63, 3.8) is 0 Å². The average Bonchev–Trinajstić information content (AvgIpc) is 2.85. The van der Waals surface area contributed by atoms with Crippen LogP contribution >= 0.6 is 27.3 Å². The van der Waals surface area contributed by atoms with E-state index in [9.17, 15) is 0 Å². The van der Waals surface area contributed by atoms with Gasteiger partial charge >= 0.3 is 0 Å². The van der Waals surface area contributed by atoms with Gasteiger partial charge in [-0.3, -0.25) is 0 Å². The van der Waals surface area contributed by atoms with Crippen molar-refractivity contribution in [2.24, 2.45) is 11.7 Å². The maximum absolute atomic E-state index is 6.50. The molecule has 1 aliphatic heterocycles. The first-order chi connectivity index (χ1) is 9.19. The van der Waals surface area contributed by atoms with E-state index in [-0.39, 0.29) is 11.6 Å². The Kier molecular flexibility index (Phi) is 4.32. The van der Waals surface area contributed by atoms with Gasteiger partial charge in [-0.25, -0.2) is 0 Å². The van der Waals surface area contributed by atoms with Crippen molar-refractivity contribution in [3.8, 4) is 0 Å². The Hall–Kier alpha value is 0.1000. The molecular formula is C15H22BrNOS. The van der Waals surface area contributed by atoms with Gasteiger partial charge in [-0.05, 0) is 64.5 Å².